The molecule has 0 aliphatic heterocycles. The zero-order chi connectivity index (χ0) is 8.97. The van der Waals surface area contributed by atoms with Crippen LogP contribution in [0.2, 0.25) is 0 Å². The highest BCUT2D eigenvalue weighted by Gasteiger charge is 2.10. The van der Waals surface area contributed by atoms with Crippen molar-refractivity contribution < 1.29 is 5.11 Å². The summed E-state index contributed by atoms with van der Waals surface area (Å²) in [6.07, 6.45) is 1.81. The van der Waals surface area contributed by atoms with Gasteiger partial charge in [0.25, 0.3) is 0 Å². The summed E-state index contributed by atoms with van der Waals surface area (Å²) in [5.41, 5.74) is 6.19. The van der Waals surface area contributed by atoms with Crippen LogP contribution in [-0.4, -0.2) is 21.4 Å². The van der Waals surface area contributed by atoms with Gasteiger partial charge in [0.05, 0.1) is 11.8 Å². The standard InChI is InChI=1S/C8H15N3O/c1-2-11-7(4-6-10-11)8(12)3-5-9/h4,6,8,12H,2-3,5,9H2,1H3/t8-/m0/s1. The smallest absolute Gasteiger partial charge is 0.0968 e. The Bertz CT molecular complexity index is 234. The van der Waals surface area contributed by atoms with Gasteiger partial charge in [-0.25, -0.2) is 0 Å². The van der Waals surface area contributed by atoms with Crippen LogP contribution in [0.4, 0.5) is 0 Å². The first-order valence-electron chi connectivity index (χ1n) is 4.19. The van der Waals surface area contributed by atoms with E-state index in [4.69, 9.17) is 5.73 Å². The molecule has 4 heteroatoms. The number of aliphatic hydroxyl groups excluding tert-OH is 1. The summed E-state index contributed by atoms with van der Waals surface area (Å²) in [6, 6.07) is 1.82. The number of hydrogen-bond acceptors (Lipinski definition) is 3. The van der Waals surface area contributed by atoms with E-state index in [1.54, 1.807) is 10.9 Å². The molecule has 0 amide bonds. The van der Waals surface area contributed by atoms with Gasteiger partial charge in [-0.15, -0.1) is 0 Å². The van der Waals surface area contributed by atoms with Gasteiger partial charge in [-0.3, -0.25) is 4.68 Å². The third-order valence-corrected chi connectivity index (χ3v) is 1.83. The summed E-state index contributed by atoms with van der Waals surface area (Å²) < 4.78 is 1.78. The number of nitrogens with two attached hydrogens (primary N) is 1. The van der Waals surface area contributed by atoms with Crippen LogP contribution in [0.15, 0.2) is 12.3 Å². The van der Waals surface area contributed by atoms with E-state index < -0.39 is 6.10 Å². The Morgan fingerprint density at radius 2 is 2.50 bits per heavy atom. The van der Waals surface area contributed by atoms with Crippen LogP contribution in [-0.2, 0) is 6.54 Å². The van der Waals surface area contributed by atoms with E-state index in [0.29, 0.717) is 13.0 Å². The monoisotopic (exact) mass is 169 g/mol. The fourth-order valence-electron chi connectivity index (χ4n) is 1.20. The van der Waals surface area contributed by atoms with Gasteiger partial charge < -0.3 is 10.8 Å². The van der Waals surface area contributed by atoms with Gasteiger partial charge in [0.15, 0.2) is 0 Å². The average molecular weight is 169 g/mol. The molecule has 0 fully saturated rings. The average Bonchev–Trinajstić information content (AvgIpc) is 2.51. The molecule has 4 nitrogen and oxygen atoms in total. The molecule has 1 rings (SSSR count). The Hall–Kier alpha value is -0.870. The maximum absolute atomic E-state index is 9.58. The lowest BCUT2D eigenvalue weighted by Gasteiger charge is -2.10. The molecule has 0 spiro atoms. The van der Waals surface area contributed by atoms with Crippen molar-refractivity contribution in [2.45, 2.75) is 26.0 Å². The van der Waals surface area contributed by atoms with E-state index in [1.165, 1.54) is 0 Å². The Kier molecular flexibility index (Phi) is 3.25. The van der Waals surface area contributed by atoms with Gasteiger partial charge in [0.2, 0.25) is 0 Å². The van der Waals surface area contributed by atoms with Gasteiger partial charge in [-0.1, -0.05) is 0 Å². The fourth-order valence-corrected chi connectivity index (χ4v) is 1.20. The molecule has 0 aliphatic rings. The second kappa shape index (κ2) is 4.23. The van der Waals surface area contributed by atoms with Crippen LogP contribution in [0.3, 0.4) is 0 Å². The third kappa shape index (κ3) is 1.84. The summed E-state index contributed by atoms with van der Waals surface area (Å²) in [5, 5.41) is 13.6. The molecule has 0 saturated carbocycles. The van der Waals surface area contributed by atoms with Crippen molar-refractivity contribution in [3.05, 3.63) is 18.0 Å². The predicted octanol–water partition coefficient (Wildman–Crippen LogP) is 0.285. The molecule has 0 unspecified atom stereocenters. The highest BCUT2D eigenvalue weighted by molar-refractivity contribution is 5.04. The number of hydrogen-bond donors (Lipinski definition) is 2. The van der Waals surface area contributed by atoms with Crippen molar-refractivity contribution in [3.8, 4) is 0 Å². The molecule has 0 aliphatic carbocycles. The lowest BCUT2D eigenvalue weighted by Crippen LogP contribution is -2.11. The van der Waals surface area contributed by atoms with Crippen molar-refractivity contribution in [3.63, 3.8) is 0 Å². The molecular formula is C8H15N3O. The maximum Gasteiger partial charge on any atom is 0.0968 e. The molecule has 1 heterocycles. The Balaban J connectivity index is 2.71. The zero-order valence-corrected chi connectivity index (χ0v) is 7.27. The Morgan fingerprint density at radius 3 is 3.08 bits per heavy atom. The quantitative estimate of drug-likeness (QED) is 0.680. The summed E-state index contributed by atoms with van der Waals surface area (Å²) in [7, 11) is 0. The number of nitrogens with zero attached hydrogens (tertiary/aromatic N) is 2. The molecule has 0 saturated heterocycles. The maximum atomic E-state index is 9.58. The zero-order valence-electron chi connectivity index (χ0n) is 7.27. The highest BCUT2D eigenvalue weighted by Crippen LogP contribution is 2.14. The van der Waals surface area contributed by atoms with Crippen molar-refractivity contribution >= 4 is 0 Å². The third-order valence-electron chi connectivity index (χ3n) is 1.83. The minimum Gasteiger partial charge on any atom is -0.387 e. The molecule has 1 aromatic heterocycles. The lowest BCUT2D eigenvalue weighted by molar-refractivity contribution is 0.159. The van der Waals surface area contributed by atoms with E-state index in [2.05, 4.69) is 5.10 Å². The second-order valence-electron chi connectivity index (χ2n) is 2.66. The molecular weight excluding hydrogens is 154 g/mol. The SMILES string of the molecule is CCn1nccc1[C@@H](O)CCN. The largest absolute Gasteiger partial charge is 0.387 e. The number of aliphatic hydroxyl groups is 1. The first kappa shape index (κ1) is 9.22. The lowest BCUT2D eigenvalue weighted by atomic mass is 10.2. The number of aromatic nitrogens is 2. The summed E-state index contributed by atoms with van der Waals surface area (Å²) in [5.74, 6) is 0. The van der Waals surface area contributed by atoms with Crippen molar-refractivity contribution in [2.24, 2.45) is 5.73 Å². The molecule has 12 heavy (non-hydrogen) atoms. The Morgan fingerprint density at radius 1 is 1.75 bits per heavy atom. The normalized spacial score (nSPS) is 13.2. The van der Waals surface area contributed by atoms with Crippen LogP contribution in [0.5, 0.6) is 0 Å². The van der Waals surface area contributed by atoms with Crippen LogP contribution in [0.25, 0.3) is 0 Å². The van der Waals surface area contributed by atoms with Gasteiger partial charge in [0, 0.05) is 12.7 Å². The molecule has 0 bridgehead atoms. The number of aryl methyl sites for hydroxylation is 1. The summed E-state index contributed by atoms with van der Waals surface area (Å²) in [6.45, 7) is 3.27. The first-order valence-corrected chi connectivity index (χ1v) is 4.19. The van der Waals surface area contributed by atoms with Gasteiger partial charge in [-0.2, -0.15) is 5.10 Å². The van der Waals surface area contributed by atoms with Gasteiger partial charge in [0.1, 0.15) is 0 Å². The van der Waals surface area contributed by atoms with Crippen LogP contribution < -0.4 is 5.73 Å². The van der Waals surface area contributed by atoms with E-state index in [-0.39, 0.29) is 0 Å². The molecule has 3 N–H and O–H groups in total. The Labute approximate surface area is 72.0 Å². The van der Waals surface area contributed by atoms with Crippen molar-refractivity contribution in [2.75, 3.05) is 6.54 Å². The molecule has 0 aromatic carbocycles. The van der Waals surface area contributed by atoms with E-state index in [9.17, 15) is 5.11 Å². The number of rotatable bonds is 4. The highest BCUT2D eigenvalue weighted by atomic mass is 16.3. The van der Waals surface area contributed by atoms with Crippen LogP contribution in [0.1, 0.15) is 25.1 Å². The van der Waals surface area contributed by atoms with Gasteiger partial charge in [-0.05, 0) is 26.0 Å². The van der Waals surface area contributed by atoms with E-state index >= 15 is 0 Å². The van der Waals surface area contributed by atoms with Crippen molar-refractivity contribution in [1.82, 2.24) is 9.78 Å². The summed E-state index contributed by atoms with van der Waals surface area (Å²) in [4.78, 5) is 0. The molecule has 1 aromatic rings. The topological polar surface area (TPSA) is 64.1 Å². The molecule has 1 atom stereocenters. The fraction of sp³-hybridized carbons (Fsp3) is 0.625. The van der Waals surface area contributed by atoms with Gasteiger partial charge >= 0.3 is 0 Å². The van der Waals surface area contributed by atoms with E-state index in [1.807, 2.05) is 13.0 Å². The van der Waals surface area contributed by atoms with Crippen molar-refractivity contribution in [1.29, 1.82) is 0 Å². The minimum atomic E-state index is -0.475. The first-order chi connectivity index (χ1) is 5.79. The summed E-state index contributed by atoms with van der Waals surface area (Å²) >= 11 is 0. The van der Waals surface area contributed by atoms with Crippen LogP contribution >= 0.6 is 0 Å². The molecule has 0 radical (unpaired) electrons. The predicted molar refractivity (Wildman–Crippen MR) is 46.5 cm³/mol. The second-order valence-corrected chi connectivity index (χ2v) is 2.66. The van der Waals surface area contributed by atoms with E-state index in [0.717, 1.165) is 12.2 Å². The minimum absolute atomic E-state index is 0.475. The molecule has 68 valence electrons. The van der Waals surface area contributed by atoms with Crippen LogP contribution in [0, 0.1) is 0 Å².